The van der Waals surface area contributed by atoms with Gasteiger partial charge in [-0.25, -0.2) is 4.79 Å². The molecule has 2 rings (SSSR count). The number of nitrogens with one attached hydrogen (secondary N) is 1. The van der Waals surface area contributed by atoms with Crippen molar-refractivity contribution in [1.29, 1.82) is 0 Å². The monoisotopic (exact) mass is 485 g/mol. The SMILES string of the molecule is CCCC(OC(=O)[C@@H]1CCCN1C(=O)C(C)=C[C@H](C(C)C)N(C)C(=O)CNC=O)c1ccccc1. The van der Waals surface area contributed by atoms with Gasteiger partial charge in [-0.3, -0.25) is 14.4 Å². The fourth-order valence-electron chi connectivity index (χ4n) is 4.42. The van der Waals surface area contributed by atoms with Crippen molar-refractivity contribution >= 4 is 24.2 Å². The lowest BCUT2D eigenvalue weighted by molar-refractivity contribution is -0.158. The number of carbonyl (C=O) groups is 4. The van der Waals surface area contributed by atoms with Crippen molar-refractivity contribution in [2.24, 2.45) is 5.92 Å². The molecule has 0 aliphatic carbocycles. The predicted molar refractivity (Wildman–Crippen MR) is 134 cm³/mol. The summed E-state index contributed by atoms with van der Waals surface area (Å²) in [5.74, 6) is -0.812. The summed E-state index contributed by atoms with van der Waals surface area (Å²) in [6.45, 7) is 8.06. The van der Waals surface area contributed by atoms with Crippen LogP contribution in [0.25, 0.3) is 0 Å². The number of esters is 1. The van der Waals surface area contributed by atoms with Gasteiger partial charge < -0.3 is 19.9 Å². The first-order valence-corrected chi connectivity index (χ1v) is 12.4. The van der Waals surface area contributed by atoms with E-state index in [4.69, 9.17) is 4.74 Å². The van der Waals surface area contributed by atoms with Crippen LogP contribution in [0, 0.1) is 5.92 Å². The zero-order valence-electron chi connectivity index (χ0n) is 21.5. The minimum absolute atomic E-state index is 0.0444. The van der Waals surface area contributed by atoms with Crippen molar-refractivity contribution in [3.05, 3.63) is 47.5 Å². The number of likely N-dealkylation sites (N-methyl/N-ethyl adjacent to an activating group) is 1. The van der Waals surface area contributed by atoms with E-state index < -0.39 is 6.04 Å². The summed E-state index contributed by atoms with van der Waals surface area (Å²) in [4.78, 5) is 52.5. The van der Waals surface area contributed by atoms with Crippen LogP contribution in [0.5, 0.6) is 0 Å². The molecule has 0 aromatic heterocycles. The topological polar surface area (TPSA) is 96.0 Å². The number of hydrogen-bond acceptors (Lipinski definition) is 5. The first-order chi connectivity index (χ1) is 16.7. The maximum absolute atomic E-state index is 13.4. The van der Waals surface area contributed by atoms with E-state index in [0.717, 1.165) is 18.4 Å². The van der Waals surface area contributed by atoms with Crippen molar-refractivity contribution in [1.82, 2.24) is 15.1 Å². The van der Waals surface area contributed by atoms with Crippen LogP contribution in [-0.4, -0.2) is 66.2 Å². The van der Waals surface area contributed by atoms with Gasteiger partial charge in [0, 0.05) is 19.2 Å². The molecule has 3 atom stereocenters. The second-order valence-electron chi connectivity index (χ2n) is 9.37. The van der Waals surface area contributed by atoms with Crippen molar-refractivity contribution in [2.75, 3.05) is 20.1 Å². The van der Waals surface area contributed by atoms with Crippen LogP contribution in [0.2, 0.25) is 0 Å². The Bertz CT molecular complexity index is 899. The molecule has 1 N–H and O–H groups in total. The molecular weight excluding hydrogens is 446 g/mol. The molecule has 1 aliphatic heterocycles. The molecule has 1 aromatic carbocycles. The van der Waals surface area contributed by atoms with E-state index in [2.05, 4.69) is 5.32 Å². The molecule has 1 saturated heterocycles. The number of nitrogens with zero attached hydrogens (tertiary/aromatic N) is 2. The van der Waals surface area contributed by atoms with E-state index in [-0.39, 0.29) is 42.4 Å². The lowest BCUT2D eigenvalue weighted by Crippen LogP contribution is -2.45. The highest BCUT2D eigenvalue weighted by atomic mass is 16.5. The van der Waals surface area contributed by atoms with Crippen molar-refractivity contribution in [3.8, 4) is 0 Å². The molecule has 1 unspecified atom stereocenters. The van der Waals surface area contributed by atoms with Gasteiger partial charge in [-0.15, -0.1) is 0 Å². The third kappa shape index (κ3) is 7.67. The average molecular weight is 486 g/mol. The second kappa shape index (κ2) is 13.7. The van der Waals surface area contributed by atoms with Crippen molar-refractivity contribution < 1.29 is 23.9 Å². The Labute approximate surface area is 208 Å². The Hall–Kier alpha value is -3.16. The number of rotatable bonds is 12. The van der Waals surface area contributed by atoms with Crippen LogP contribution < -0.4 is 5.32 Å². The standard InChI is InChI=1S/C27H39N3O5/c1-6-11-24(21-12-8-7-9-13-21)35-27(34)22-14-10-15-30(22)26(33)20(4)16-23(19(2)3)29(5)25(32)17-28-18-31/h7-9,12-13,16,18-19,22-24H,6,10-11,14-15,17H2,1-5H3,(H,28,31)/t22-,23+,24?/m0/s1. The molecule has 8 nitrogen and oxygen atoms in total. The molecule has 192 valence electrons. The van der Waals surface area contributed by atoms with Gasteiger partial charge in [0.05, 0.1) is 12.6 Å². The van der Waals surface area contributed by atoms with Gasteiger partial charge in [-0.05, 0) is 37.7 Å². The lowest BCUT2D eigenvalue weighted by Gasteiger charge is -2.30. The minimum atomic E-state index is -0.623. The van der Waals surface area contributed by atoms with Crippen LogP contribution in [0.3, 0.4) is 0 Å². The molecule has 35 heavy (non-hydrogen) atoms. The summed E-state index contributed by atoms with van der Waals surface area (Å²) in [5, 5.41) is 2.38. The number of benzene rings is 1. The van der Waals surface area contributed by atoms with Gasteiger partial charge in [0.15, 0.2) is 0 Å². The molecule has 1 fully saturated rings. The highest BCUT2D eigenvalue weighted by molar-refractivity contribution is 5.96. The van der Waals surface area contributed by atoms with Gasteiger partial charge in [0.1, 0.15) is 12.1 Å². The van der Waals surface area contributed by atoms with Crippen molar-refractivity contribution in [3.63, 3.8) is 0 Å². The summed E-state index contributed by atoms with van der Waals surface area (Å²) >= 11 is 0. The Morgan fingerprint density at radius 2 is 1.91 bits per heavy atom. The molecule has 1 heterocycles. The minimum Gasteiger partial charge on any atom is -0.456 e. The van der Waals surface area contributed by atoms with Crippen molar-refractivity contribution in [2.45, 2.75) is 71.6 Å². The van der Waals surface area contributed by atoms with Crippen LogP contribution >= 0.6 is 0 Å². The third-order valence-electron chi connectivity index (χ3n) is 6.38. The highest BCUT2D eigenvalue weighted by Crippen LogP contribution is 2.27. The van der Waals surface area contributed by atoms with E-state index in [9.17, 15) is 19.2 Å². The van der Waals surface area contributed by atoms with E-state index in [1.807, 2.05) is 51.1 Å². The van der Waals surface area contributed by atoms with E-state index in [1.54, 1.807) is 24.9 Å². The first-order valence-electron chi connectivity index (χ1n) is 12.4. The Morgan fingerprint density at radius 1 is 1.23 bits per heavy atom. The van der Waals surface area contributed by atoms with Crippen LogP contribution in [0.4, 0.5) is 0 Å². The quantitative estimate of drug-likeness (QED) is 0.279. The van der Waals surface area contributed by atoms with Crippen LogP contribution in [-0.2, 0) is 23.9 Å². The molecular formula is C27H39N3O5. The van der Waals surface area contributed by atoms with Gasteiger partial charge in [-0.2, -0.15) is 0 Å². The third-order valence-corrected chi connectivity index (χ3v) is 6.38. The van der Waals surface area contributed by atoms with E-state index in [0.29, 0.717) is 31.4 Å². The predicted octanol–water partition coefficient (Wildman–Crippen LogP) is 3.24. The molecule has 0 radical (unpaired) electrons. The first kappa shape index (κ1) is 28.1. The Morgan fingerprint density at radius 3 is 2.51 bits per heavy atom. The summed E-state index contributed by atoms with van der Waals surface area (Å²) in [7, 11) is 1.65. The molecule has 1 aliphatic rings. The van der Waals surface area contributed by atoms with Gasteiger partial charge in [0.2, 0.25) is 18.2 Å². The normalized spacial score (nSPS) is 17.6. The van der Waals surface area contributed by atoms with E-state index >= 15 is 0 Å². The second-order valence-corrected chi connectivity index (χ2v) is 9.37. The molecule has 3 amide bonds. The molecule has 0 spiro atoms. The number of ether oxygens (including phenoxy) is 1. The maximum atomic E-state index is 13.4. The molecule has 0 bridgehead atoms. The molecule has 1 aromatic rings. The summed E-state index contributed by atoms with van der Waals surface area (Å²) in [6, 6.07) is 8.72. The lowest BCUT2D eigenvalue weighted by atomic mass is 9.99. The van der Waals surface area contributed by atoms with Crippen LogP contribution in [0.15, 0.2) is 42.0 Å². The fourth-order valence-corrected chi connectivity index (χ4v) is 4.42. The summed E-state index contributed by atoms with van der Waals surface area (Å²) in [5.41, 5.74) is 1.42. The van der Waals surface area contributed by atoms with Gasteiger partial charge >= 0.3 is 5.97 Å². The molecule has 0 saturated carbocycles. The zero-order chi connectivity index (χ0) is 26.0. The number of amides is 3. The highest BCUT2D eigenvalue weighted by Gasteiger charge is 2.37. The maximum Gasteiger partial charge on any atom is 0.329 e. The van der Waals surface area contributed by atoms with Gasteiger partial charge in [-0.1, -0.05) is 63.6 Å². The summed E-state index contributed by atoms with van der Waals surface area (Å²) < 4.78 is 5.91. The zero-order valence-corrected chi connectivity index (χ0v) is 21.5. The average Bonchev–Trinajstić information content (AvgIpc) is 3.35. The number of likely N-dealkylation sites (tertiary alicyclic amines) is 1. The Kier molecular flexibility index (Phi) is 11.0. The van der Waals surface area contributed by atoms with Gasteiger partial charge in [0.25, 0.3) is 0 Å². The largest absolute Gasteiger partial charge is 0.456 e. The Balaban J connectivity index is 2.15. The van der Waals surface area contributed by atoms with E-state index in [1.165, 1.54) is 4.90 Å². The number of carbonyl (C=O) groups excluding carboxylic acids is 4. The smallest absolute Gasteiger partial charge is 0.329 e. The molecule has 8 heteroatoms. The fraction of sp³-hybridized carbons (Fsp3) is 0.556. The number of hydrogen-bond donors (Lipinski definition) is 1. The van der Waals surface area contributed by atoms with Crippen LogP contribution in [0.1, 0.15) is 65.0 Å². The summed E-state index contributed by atoms with van der Waals surface area (Å²) in [6.07, 6.45) is 4.79.